The molecule has 1 amide bonds. The second-order valence-electron chi connectivity index (χ2n) is 8.65. The number of nitrogens with one attached hydrogen (secondary N) is 2. The first-order chi connectivity index (χ1) is 14.2. The molecule has 1 aliphatic carbocycles. The van der Waals surface area contributed by atoms with Gasteiger partial charge in [0.2, 0.25) is 5.91 Å². The smallest absolute Gasteiger partial charge is 0.254 e. The van der Waals surface area contributed by atoms with Crippen LogP contribution in [0.5, 0.6) is 0 Å². The fourth-order valence-electron chi connectivity index (χ4n) is 5.33. The van der Waals surface area contributed by atoms with Gasteiger partial charge in [-0.05, 0) is 63.7 Å². The van der Waals surface area contributed by atoms with Crippen molar-refractivity contribution < 1.29 is 4.79 Å². The SMILES string of the molecule is O=C(C1CCNCC1)N1CCCC2(CCc3c2nc(-c2cccnc2)[nH]c3=O)C1. The number of hydrogen-bond donors (Lipinski definition) is 2. The summed E-state index contributed by atoms with van der Waals surface area (Å²) >= 11 is 0. The van der Waals surface area contributed by atoms with Crippen molar-refractivity contribution in [3.63, 3.8) is 0 Å². The lowest BCUT2D eigenvalue weighted by atomic mass is 9.77. The van der Waals surface area contributed by atoms with E-state index < -0.39 is 0 Å². The molecule has 4 heterocycles. The molecule has 2 saturated heterocycles. The molecule has 2 fully saturated rings. The summed E-state index contributed by atoms with van der Waals surface area (Å²) in [5.41, 5.74) is 2.28. The van der Waals surface area contributed by atoms with Crippen LogP contribution in [0.25, 0.3) is 11.4 Å². The molecule has 3 aliphatic rings. The fourth-order valence-corrected chi connectivity index (χ4v) is 5.33. The number of likely N-dealkylation sites (tertiary alicyclic amines) is 1. The van der Waals surface area contributed by atoms with Crippen LogP contribution in [0.15, 0.2) is 29.3 Å². The van der Waals surface area contributed by atoms with Crippen molar-refractivity contribution in [2.24, 2.45) is 5.92 Å². The summed E-state index contributed by atoms with van der Waals surface area (Å²) in [6.07, 6.45) is 8.85. The van der Waals surface area contributed by atoms with Crippen LogP contribution in [0.4, 0.5) is 0 Å². The summed E-state index contributed by atoms with van der Waals surface area (Å²) in [7, 11) is 0. The quantitative estimate of drug-likeness (QED) is 0.809. The van der Waals surface area contributed by atoms with Gasteiger partial charge in [0.1, 0.15) is 5.82 Å². The molecule has 0 aromatic carbocycles. The summed E-state index contributed by atoms with van der Waals surface area (Å²) in [6, 6.07) is 3.76. The van der Waals surface area contributed by atoms with E-state index in [4.69, 9.17) is 4.98 Å². The molecule has 2 aliphatic heterocycles. The number of amides is 1. The van der Waals surface area contributed by atoms with Gasteiger partial charge in [-0.2, -0.15) is 0 Å². The van der Waals surface area contributed by atoms with Gasteiger partial charge in [0, 0.05) is 47.9 Å². The Hall–Kier alpha value is -2.54. The maximum Gasteiger partial charge on any atom is 0.254 e. The van der Waals surface area contributed by atoms with E-state index in [2.05, 4.69) is 20.2 Å². The largest absolute Gasteiger partial charge is 0.342 e. The first-order valence-corrected chi connectivity index (χ1v) is 10.7. The van der Waals surface area contributed by atoms with Crippen molar-refractivity contribution in [1.82, 2.24) is 25.2 Å². The summed E-state index contributed by atoms with van der Waals surface area (Å²) < 4.78 is 0. The molecular formula is C22H27N5O2. The van der Waals surface area contributed by atoms with Crippen molar-refractivity contribution in [2.75, 3.05) is 26.2 Å². The van der Waals surface area contributed by atoms with Gasteiger partial charge in [-0.15, -0.1) is 0 Å². The van der Waals surface area contributed by atoms with E-state index in [1.54, 1.807) is 12.4 Å². The fraction of sp³-hybridized carbons (Fsp3) is 0.545. The Morgan fingerprint density at radius 3 is 2.90 bits per heavy atom. The molecule has 1 spiro atoms. The van der Waals surface area contributed by atoms with Crippen LogP contribution in [-0.2, 0) is 16.6 Å². The standard InChI is InChI=1S/C22H27N5O2/c28-20-17-4-8-22(18(17)25-19(26-20)16-3-1-9-24-13-16)7-2-12-27(14-22)21(29)15-5-10-23-11-6-15/h1,3,9,13,15,23H,2,4-8,10-12,14H2,(H,25,26,28). The third-order valence-corrected chi connectivity index (χ3v) is 6.88. The van der Waals surface area contributed by atoms with Gasteiger partial charge in [-0.3, -0.25) is 14.6 Å². The zero-order valence-corrected chi connectivity index (χ0v) is 16.6. The van der Waals surface area contributed by atoms with Crippen molar-refractivity contribution in [2.45, 2.75) is 43.9 Å². The van der Waals surface area contributed by atoms with E-state index in [9.17, 15) is 9.59 Å². The van der Waals surface area contributed by atoms with E-state index in [0.717, 1.165) is 75.0 Å². The Kier molecular flexibility index (Phi) is 4.70. The second-order valence-corrected chi connectivity index (χ2v) is 8.65. The summed E-state index contributed by atoms with van der Waals surface area (Å²) in [4.78, 5) is 40.0. The van der Waals surface area contributed by atoms with Gasteiger partial charge in [0.25, 0.3) is 5.56 Å². The van der Waals surface area contributed by atoms with Crippen molar-refractivity contribution in [3.8, 4) is 11.4 Å². The van der Waals surface area contributed by atoms with Gasteiger partial charge in [-0.25, -0.2) is 4.98 Å². The number of carbonyl (C=O) groups is 1. The highest BCUT2D eigenvalue weighted by Gasteiger charge is 2.46. The Morgan fingerprint density at radius 2 is 2.10 bits per heavy atom. The van der Waals surface area contributed by atoms with Gasteiger partial charge in [0.15, 0.2) is 0 Å². The topological polar surface area (TPSA) is 91.0 Å². The molecule has 5 rings (SSSR count). The number of pyridine rings is 1. The molecule has 7 nitrogen and oxygen atoms in total. The highest BCUT2D eigenvalue weighted by Crippen LogP contribution is 2.43. The highest BCUT2D eigenvalue weighted by molar-refractivity contribution is 5.79. The first kappa shape index (κ1) is 18.5. The minimum atomic E-state index is -0.193. The molecule has 0 bridgehead atoms. The number of piperidine rings is 2. The van der Waals surface area contributed by atoms with Gasteiger partial charge in [-0.1, -0.05) is 0 Å². The molecule has 7 heteroatoms. The number of aromatic amines is 1. The van der Waals surface area contributed by atoms with E-state index >= 15 is 0 Å². The molecule has 2 N–H and O–H groups in total. The van der Waals surface area contributed by atoms with Gasteiger partial charge < -0.3 is 15.2 Å². The zero-order chi connectivity index (χ0) is 19.8. The Balaban J connectivity index is 1.47. The van der Waals surface area contributed by atoms with Crippen LogP contribution in [-0.4, -0.2) is 51.9 Å². The van der Waals surface area contributed by atoms with Gasteiger partial charge in [0.05, 0.1) is 5.69 Å². The van der Waals surface area contributed by atoms with Crippen LogP contribution in [0.3, 0.4) is 0 Å². The van der Waals surface area contributed by atoms with Crippen molar-refractivity contribution in [1.29, 1.82) is 0 Å². The van der Waals surface area contributed by atoms with Crippen LogP contribution in [0, 0.1) is 5.92 Å². The average Bonchev–Trinajstić information content (AvgIpc) is 3.12. The predicted molar refractivity (Wildman–Crippen MR) is 109 cm³/mol. The summed E-state index contributed by atoms with van der Waals surface area (Å²) in [5, 5.41) is 3.34. The number of H-pyrrole nitrogens is 1. The van der Waals surface area contributed by atoms with Crippen LogP contribution in [0.1, 0.15) is 43.4 Å². The monoisotopic (exact) mass is 393 g/mol. The lowest BCUT2D eigenvalue weighted by Gasteiger charge is -2.42. The minimum absolute atomic E-state index is 0.0486. The maximum atomic E-state index is 13.2. The number of rotatable bonds is 2. The molecule has 29 heavy (non-hydrogen) atoms. The molecule has 152 valence electrons. The number of nitrogens with zero attached hydrogens (tertiary/aromatic N) is 3. The third kappa shape index (κ3) is 3.27. The Labute approximate surface area is 170 Å². The average molecular weight is 393 g/mol. The van der Waals surface area contributed by atoms with E-state index in [1.165, 1.54) is 0 Å². The number of aromatic nitrogens is 3. The highest BCUT2D eigenvalue weighted by atomic mass is 16.2. The van der Waals surface area contributed by atoms with Crippen LogP contribution < -0.4 is 10.9 Å². The van der Waals surface area contributed by atoms with Crippen molar-refractivity contribution >= 4 is 5.91 Å². The lowest BCUT2D eigenvalue weighted by Crippen LogP contribution is -2.51. The summed E-state index contributed by atoms with van der Waals surface area (Å²) in [6.45, 7) is 3.34. The van der Waals surface area contributed by atoms with E-state index in [1.807, 2.05) is 12.1 Å². The number of fused-ring (bicyclic) bond motifs is 2. The third-order valence-electron chi connectivity index (χ3n) is 6.88. The zero-order valence-electron chi connectivity index (χ0n) is 16.6. The molecule has 1 unspecified atom stereocenters. The van der Waals surface area contributed by atoms with Crippen molar-refractivity contribution in [3.05, 3.63) is 46.1 Å². The Morgan fingerprint density at radius 1 is 1.24 bits per heavy atom. The number of carbonyl (C=O) groups excluding carboxylic acids is 1. The molecule has 0 radical (unpaired) electrons. The molecule has 1 atom stereocenters. The normalized spacial score (nSPS) is 24.6. The number of hydrogen-bond acceptors (Lipinski definition) is 5. The Bertz CT molecular complexity index is 967. The first-order valence-electron chi connectivity index (χ1n) is 10.7. The van der Waals surface area contributed by atoms with E-state index in [0.29, 0.717) is 12.4 Å². The molecule has 2 aromatic heterocycles. The predicted octanol–water partition coefficient (Wildman–Crippen LogP) is 1.64. The minimum Gasteiger partial charge on any atom is -0.342 e. The van der Waals surface area contributed by atoms with Crippen LogP contribution >= 0.6 is 0 Å². The van der Waals surface area contributed by atoms with Gasteiger partial charge >= 0.3 is 0 Å². The summed E-state index contributed by atoms with van der Waals surface area (Å²) in [5.74, 6) is 0.992. The second kappa shape index (κ2) is 7.37. The lowest BCUT2D eigenvalue weighted by molar-refractivity contribution is -0.138. The van der Waals surface area contributed by atoms with Crippen LogP contribution in [0.2, 0.25) is 0 Å². The maximum absolute atomic E-state index is 13.2. The molecular weight excluding hydrogens is 366 g/mol. The van der Waals surface area contributed by atoms with E-state index in [-0.39, 0.29) is 22.8 Å². The molecule has 0 saturated carbocycles. The molecule has 2 aromatic rings.